The molecule has 0 aliphatic rings. The van der Waals surface area contributed by atoms with Gasteiger partial charge in [0.05, 0.1) is 11.1 Å². The van der Waals surface area contributed by atoms with Crippen molar-refractivity contribution in [3.63, 3.8) is 0 Å². The Kier molecular flexibility index (Phi) is 3.41. The van der Waals surface area contributed by atoms with Crippen molar-refractivity contribution >= 4 is 5.97 Å². The van der Waals surface area contributed by atoms with Crippen molar-refractivity contribution in [1.29, 1.82) is 0 Å². The number of rotatable bonds is 5. The molecule has 0 aromatic carbocycles. The van der Waals surface area contributed by atoms with Crippen LogP contribution in [0.5, 0.6) is 0 Å². The SMILES string of the molecule is CCC(CN)(Cc1cn(C)nn1)C(=O)O. The lowest BCUT2D eigenvalue weighted by Gasteiger charge is -2.24. The lowest BCUT2D eigenvalue weighted by atomic mass is 9.81. The van der Waals surface area contributed by atoms with Crippen LogP contribution in [-0.2, 0) is 18.3 Å². The van der Waals surface area contributed by atoms with Gasteiger partial charge in [-0.25, -0.2) is 0 Å². The second kappa shape index (κ2) is 4.39. The van der Waals surface area contributed by atoms with Crippen LogP contribution in [0.25, 0.3) is 0 Å². The molecule has 1 rings (SSSR count). The second-order valence-electron chi connectivity index (χ2n) is 3.70. The summed E-state index contributed by atoms with van der Waals surface area (Å²) in [5.41, 5.74) is 5.28. The second-order valence-corrected chi connectivity index (χ2v) is 3.70. The number of aromatic nitrogens is 3. The fourth-order valence-corrected chi connectivity index (χ4v) is 1.48. The third kappa shape index (κ3) is 2.33. The van der Waals surface area contributed by atoms with E-state index >= 15 is 0 Å². The monoisotopic (exact) mass is 212 g/mol. The van der Waals surface area contributed by atoms with Gasteiger partial charge in [0.2, 0.25) is 0 Å². The number of nitrogens with two attached hydrogens (primary N) is 1. The average molecular weight is 212 g/mol. The van der Waals surface area contributed by atoms with Crippen LogP contribution < -0.4 is 5.73 Å². The van der Waals surface area contributed by atoms with Gasteiger partial charge < -0.3 is 10.8 Å². The van der Waals surface area contributed by atoms with E-state index in [4.69, 9.17) is 10.8 Å². The Labute approximate surface area is 88.1 Å². The van der Waals surface area contributed by atoms with E-state index in [2.05, 4.69) is 10.3 Å². The first-order valence-electron chi connectivity index (χ1n) is 4.82. The summed E-state index contributed by atoms with van der Waals surface area (Å²) < 4.78 is 1.55. The van der Waals surface area contributed by atoms with Crippen LogP contribution in [0.2, 0.25) is 0 Å². The Morgan fingerprint density at radius 2 is 2.40 bits per heavy atom. The first-order chi connectivity index (χ1) is 7.04. The topological polar surface area (TPSA) is 94.0 Å². The molecule has 0 radical (unpaired) electrons. The summed E-state index contributed by atoms with van der Waals surface area (Å²) in [6.45, 7) is 1.92. The van der Waals surface area contributed by atoms with Gasteiger partial charge in [-0.15, -0.1) is 5.10 Å². The van der Waals surface area contributed by atoms with Gasteiger partial charge in [-0.3, -0.25) is 9.48 Å². The molecule has 1 aromatic rings. The van der Waals surface area contributed by atoms with E-state index in [9.17, 15) is 4.79 Å². The van der Waals surface area contributed by atoms with Gasteiger partial charge in [-0.05, 0) is 6.42 Å². The molecule has 15 heavy (non-hydrogen) atoms. The third-order valence-corrected chi connectivity index (χ3v) is 2.69. The first kappa shape index (κ1) is 11.6. The molecule has 6 heteroatoms. The van der Waals surface area contributed by atoms with E-state index in [1.807, 2.05) is 6.92 Å². The van der Waals surface area contributed by atoms with Crippen molar-refractivity contribution in [2.45, 2.75) is 19.8 Å². The smallest absolute Gasteiger partial charge is 0.311 e. The first-order valence-corrected chi connectivity index (χ1v) is 4.82. The molecule has 1 atom stereocenters. The Hall–Kier alpha value is -1.43. The van der Waals surface area contributed by atoms with Gasteiger partial charge >= 0.3 is 5.97 Å². The normalized spacial score (nSPS) is 14.9. The molecule has 0 bridgehead atoms. The molecule has 0 spiro atoms. The van der Waals surface area contributed by atoms with Gasteiger partial charge in [0.15, 0.2) is 0 Å². The van der Waals surface area contributed by atoms with Gasteiger partial charge in [0.25, 0.3) is 0 Å². The molecule has 6 nitrogen and oxygen atoms in total. The predicted molar refractivity (Wildman–Crippen MR) is 54.1 cm³/mol. The van der Waals surface area contributed by atoms with Gasteiger partial charge in [0.1, 0.15) is 0 Å². The van der Waals surface area contributed by atoms with E-state index < -0.39 is 11.4 Å². The van der Waals surface area contributed by atoms with Crippen molar-refractivity contribution < 1.29 is 9.90 Å². The maximum absolute atomic E-state index is 11.2. The Morgan fingerprint density at radius 1 is 1.73 bits per heavy atom. The van der Waals surface area contributed by atoms with Crippen molar-refractivity contribution in [3.05, 3.63) is 11.9 Å². The Bertz CT molecular complexity index is 344. The molecule has 0 aliphatic heterocycles. The van der Waals surface area contributed by atoms with Crippen LogP contribution in [0.15, 0.2) is 6.20 Å². The van der Waals surface area contributed by atoms with Gasteiger partial charge in [-0.1, -0.05) is 12.1 Å². The minimum atomic E-state index is -0.921. The lowest BCUT2D eigenvalue weighted by Crippen LogP contribution is -2.40. The fourth-order valence-electron chi connectivity index (χ4n) is 1.48. The number of nitrogens with zero attached hydrogens (tertiary/aromatic N) is 3. The number of aryl methyl sites for hydroxylation is 1. The van der Waals surface area contributed by atoms with Gasteiger partial charge in [0, 0.05) is 26.2 Å². The summed E-state index contributed by atoms with van der Waals surface area (Å²) >= 11 is 0. The molecule has 84 valence electrons. The van der Waals surface area contributed by atoms with E-state index in [0.29, 0.717) is 18.5 Å². The zero-order valence-electron chi connectivity index (χ0n) is 8.97. The summed E-state index contributed by atoms with van der Waals surface area (Å²) in [6.07, 6.45) is 2.52. The van der Waals surface area contributed by atoms with E-state index in [1.54, 1.807) is 17.9 Å². The van der Waals surface area contributed by atoms with Crippen LogP contribution in [0.1, 0.15) is 19.0 Å². The van der Waals surface area contributed by atoms with Crippen molar-refractivity contribution in [2.75, 3.05) is 6.54 Å². The summed E-state index contributed by atoms with van der Waals surface area (Å²) in [6, 6.07) is 0. The molecule has 0 fully saturated rings. The zero-order valence-corrected chi connectivity index (χ0v) is 8.97. The standard InChI is InChI=1S/C9H16N4O2/c1-3-9(6-10,8(14)15)4-7-5-13(2)12-11-7/h5H,3-4,6,10H2,1-2H3,(H,14,15). The van der Waals surface area contributed by atoms with E-state index in [-0.39, 0.29) is 6.54 Å². The number of carbonyl (C=O) groups is 1. The summed E-state index contributed by atoms with van der Waals surface area (Å²) in [5.74, 6) is -0.877. The highest BCUT2D eigenvalue weighted by molar-refractivity contribution is 5.75. The third-order valence-electron chi connectivity index (χ3n) is 2.69. The molecule has 1 unspecified atom stereocenters. The number of carboxylic acids is 1. The maximum Gasteiger partial charge on any atom is 0.311 e. The predicted octanol–water partition coefficient (Wildman–Crippen LogP) is -0.203. The van der Waals surface area contributed by atoms with E-state index in [0.717, 1.165) is 0 Å². The Balaban J connectivity index is 2.88. The minimum Gasteiger partial charge on any atom is -0.481 e. The van der Waals surface area contributed by atoms with Crippen LogP contribution in [0.3, 0.4) is 0 Å². The molecule has 0 amide bonds. The fraction of sp³-hybridized carbons (Fsp3) is 0.667. The van der Waals surface area contributed by atoms with Crippen molar-refractivity contribution in [1.82, 2.24) is 15.0 Å². The van der Waals surface area contributed by atoms with Crippen molar-refractivity contribution in [2.24, 2.45) is 18.2 Å². The number of hydrogen-bond donors (Lipinski definition) is 2. The lowest BCUT2D eigenvalue weighted by molar-refractivity contribution is -0.148. The van der Waals surface area contributed by atoms with Crippen LogP contribution in [-0.4, -0.2) is 32.6 Å². The quantitative estimate of drug-likeness (QED) is 0.704. The molecule has 1 aromatic heterocycles. The minimum absolute atomic E-state index is 0.107. The summed E-state index contributed by atoms with van der Waals surface area (Å²) in [4.78, 5) is 11.2. The van der Waals surface area contributed by atoms with Gasteiger partial charge in [-0.2, -0.15) is 0 Å². The molecule has 0 saturated carbocycles. The molecule has 1 heterocycles. The zero-order chi connectivity index (χ0) is 11.5. The number of hydrogen-bond acceptors (Lipinski definition) is 4. The number of carboxylic acid groups (broad SMARTS) is 1. The molecular weight excluding hydrogens is 196 g/mol. The highest BCUT2D eigenvalue weighted by atomic mass is 16.4. The van der Waals surface area contributed by atoms with E-state index in [1.165, 1.54) is 0 Å². The highest BCUT2D eigenvalue weighted by Gasteiger charge is 2.36. The largest absolute Gasteiger partial charge is 0.481 e. The average Bonchev–Trinajstić information content (AvgIpc) is 2.60. The maximum atomic E-state index is 11.2. The number of aliphatic carboxylic acids is 1. The summed E-state index contributed by atoms with van der Waals surface area (Å²) in [5, 5.41) is 16.8. The van der Waals surface area contributed by atoms with Crippen molar-refractivity contribution in [3.8, 4) is 0 Å². The molecular formula is C9H16N4O2. The van der Waals surface area contributed by atoms with Crippen LogP contribution >= 0.6 is 0 Å². The molecule has 0 saturated heterocycles. The van der Waals surface area contributed by atoms with Crippen LogP contribution in [0, 0.1) is 5.41 Å². The molecule has 3 N–H and O–H groups in total. The summed E-state index contributed by atoms with van der Waals surface area (Å²) in [7, 11) is 1.74. The highest BCUT2D eigenvalue weighted by Crippen LogP contribution is 2.25. The molecule has 0 aliphatic carbocycles. The van der Waals surface area contributed by atoms with Crippen LogP contribution in [0.4, 0.5) is 0 Å². The Morgan fingerprint density at radius 3 is 2.73 bits per heavy atom.